The number of aryl methyl sites for hydroxylation is 1. The summed E-state index contributed by atoms with van der Waals surface area (Å²) in [4.78, 5) is 7.17. The highest BCUT2D eigenvalue weighted by Gasteiger charge is 2.18. The lowest BCUT2D eigenvalue weighted by Crippen LogP contribution is -2.32. The molecule has 106 valence electrons. The Morgan fingerprint density at radius 3 is 2.47 bits per heavy atom. The summed E-state index contributed by atoms with van der Waals surface area (Å²) in [6.07, 6.45) is 8.17. The molecule has 3 nitrogen and oxygen atoms in total. The summed E-state index contributed by atoms with van der Waals surface area (Å²) in [7, 11) is 4.18. The van der Waals surface area contributed by atoms with Crippen LogP contribution < -0.4 is 10.2 Å². The molecule has 0 aromatic carbocycles. The van der Waals surface area contributed by atoms with Crippen LogP contribution in [0.15, 0.2) is 12.1 Å². The molecule has 0 atom stereocenters. The maximum absolute atomic E-state index is 4.78. The molecule has 19 heavy (non-hydrogen) atoms. The van der Waals surface area contributed by atoms with Gasteiger partial charge in [0.15, 0.2) is 0 Å². The Kier molecular flexibility index (Phi) is 5.20. The molecule has 0 spiro atoms. The van der Waals surface area contributed by atoms with Gasteiger partial charge in [0.25, 0.3) is 0 Å². The lowest BCUT2D eigenvalue weighted by molar-refractivity contribution is 0.548. The SMILES string of the molecule is CNCc1ccc(N(C)C2CCCCCC2)nc1C. The molecule has 0 aliphatic heterocycles. The molecule has 2 rings (SSSR count). The fraction of sp³-hybridized carbons (Fsp3) is 0.688. The Morgan fingerprint density at radius 2 is 1.89 bits per heavy atom. The van der Waals surface area contributed by atoms with Crippen molar-refractivity contribution >= 4 is 5.82 Å². The second kappa shape index (κ2) is 6.90. The van der Waals surface area contributed by atoms with Crippen molar-refractivity contribution < 1.29 is 0 Å². The molecular formula is C16H27N3. The molecule has 1 fully saturated rings. The summed E-state index contributed by atoms with van der Waals surface area (Å²) in [6, 6.07) is 5.05. The van der Waals surface area contributed by atoms with Crippen LogP contribution in [0.4, 0.5) is 5.82 Å². The second-order valence-corrected chi connectivity index (χ2v) is 5.70. The first-order valence-electron chi connectivity index (χ1n) is 7.56. The standard InChI is InChI=1S/C16H27N3/c1-13-14(12-17-2)10-11-16(18-13)19(3)15-8-6-4-5-7-9-15/h10-11,15,17H,4-9,12H2,1-3H3. The van der Waals surface area contributed by atoms with Crippen molar-refractivity contribution in [3.8, 4) is 0 Å². The van der Waals surface area contributed by atoms with Gasteiger partial charge in [-0.25, -0.2) is 4.98 Å². The maximum Gasteiger partial charge on any atom is 0.128 e. The fourth-order valence-electron chi connectivity index (χ4n) is 2.98. The van der Waals surface area contributed by atoms with E-state index >= 15 is 0 Å². The zero-order valence-corrected chi connectivity index (χ0v) is 12.6. The smallest absolute Gasteiger partial charge is 0.128 e. The van der Waals surface area contributed by atoms with E-state index in [0.717, 1.165) is 18.1 Å². The molecule has 1 aliphatic carbocycles. The van der Waals surface area contributed by atoms with E-state index in [2.05, 4.69) is 36.3 Å². The first kappa shape index (κ1) is 14.3. The zero-order chi connectivity index (χ0) is 13.7. The maximum atomic E-state index is 4.78. The molecule has 1 aliphatic rings. The first-order chi connectivity index (χ1) is 9.22. The third kappa shape index (κ3) is 3.69. The average molecular weight is 261 g/mol. The van der Waals surface area contributed by atoms with E-state index in [4.69, 9.17) is 4.98 Å². The minimum Gasteiger partial charge on any atom is -0.357 e. The highest BCUT2D eigenvalue weighted by molar-refractivity contribution is 5.42. The summed E-state index contributed by atoms with van der Waals surface area (Å²) in [5.74, 6) is 1.13. The Morgan fingerprint density at radius 1 is 1.21 bits per heavy atom. The fourth-order valence-corrected chi connectivity index (χ4v) is 2.98. The minimum atomic E-state index is 0.671. The van der Waals surface area contributed by atoms with Gasteiger partial charge in [-0.2, -0.15) is 0 Å². The highest BCUT2D eigenvalue weighted by Crippen LogP contribution is 2.25. The van der Waals surface area contributed by atoms with Crippen LogP contribution in [0.5, 0.6) is 0 Å². The van der Waals surface area contributed by atoms with Gasteiger partial charge in [-0.3, -0.25) is 0 Å². The van der Waals surface area contributed by atoms with Gasteiger partial charge in [0, 0.05) is 25.3 Å². The van der Waals surface area contributed by atoms with Crippen molar-refractivity contribution in [2.24, 2.45) is 0 Å². The third-order valence-electron chi connectivity index (χ3n) is 4.28. The van der Waals surface area contributed by atoms with Crippen molar-refractivity contribution in [3.63, 3.8) is 0 Å². The van der Waals surface area contributed by atoms with Crippen LogP contribution in [0.25, 0.3) is 0 Å². The van der Waals surface area contributed by atoms with Gasteiger partial charge in [-0.05, 0) is 38.4 Å². The van der Waals surface area contributed by atoms with Gasteiger partial charge in [0.05, 0.1) is 0 Å². The summed E-state index contributed by atoms with van der Waals surface area (Å²) in [6.45, 7) is 3.00. The number of hydrogen-bond donors (Lipinski definition) is 1. The minimum absolute atomic E-state index is 0.671. The number of nitrogens with zero attached hydrogens (tertiary/aromatic N) is 2. The van der Waals surface area contributed by atoms with Crippen molar-refractivity contribution in [2.45, 2.75) is 58.0 Å². The number of nitrogens with one attached hydrogen (secondary N) is 1. The molecule has 1 N–H and O–H groups in total. The largest absolute Gasteiger partial charge is 0.357 e. The van der Waals surface area contributed by atoms with E-state index in [1.807, 2.05) is 7.05 Å². The normalized spacial score (nSPS) is 17.2. The van der Waals surface area contributed by atoms with Crippen LogP contribution in [0, 0.1) is 6.92 Å². The quantitative estimate of drug-likeness (QED) is 0.843. The van der Waals surface area contributed by atoms with E-state index < -0.39 is 0 Å². The zero-order valence-electron chi connectivity index (χ0n) is 12.6. The molecule has 0 unspecified atom stereocenters. The molecule has 1 aromatic rings. The molecule has 0 bridgehead atoms. The van der Waals surface area contributed by atoms with E-state index in [-0.39, 0.29) is 0 Å². The number of pyridine rings is 1. The molecule has 0 amide bonds. The summed E-state index contributed by atoms with van der Waals surface area (Å²) < 4.78 is 0. The molecule has 0 radical (unpaired) electrons. The van der Waals surface area contributed by atoms with E-state index in [0.29, 0.717) is 6.04 Å². The summed E-state index contributed by atoms with van der Waals surface area (Å²) in [5, 5.41) is 3.19. The monoisotopic (exact) mass is 261 g/mol. The molecule has 1 heterocycles. The number of rotatable bonds is 4. The topological polar surface area (TPSA) is 28.2 Å². The molecule has 3 heteroatoms. The van der Waals surface area contributed by atoms with E-state index in [1.165, 1.54) is 44.1 Å². The average Bonchev–Trinajstić information content (AvgIpc) is 2.69. The van der Waals surface area contributed by atoms with Crippen molar-refractivity contribution in [3.05, 3.63) is 23.4 Å². The molecule has 1 aromatic heterocycles. The van der Waals surface area contributed by atoms with Gasteiger partial charge in [-0.15, -0.1) is 0 Å². The highest BCUT2D eigenvalue weighted by atomic mass is 15.2. The van der Waals surface area contributed by atoms with Crippen molar-refractivity contribution in [2.75, 3.05) is 19.0 Å². The number of anilines is 1. The lowest BCUT2D eigenvalue weighted by Gasteiger charge is -2.28. The van der Waals surface area contributed by atoms with Crippen LogP contribution in [0.2, 0.25) is 0 Å². The predicted molar refractivity (Wildman–Crippen MR) is 81.6 cm³/mol. The van der Waals surface area contributed by atoms with Crippen LogP contribution in [-0.2, 0) is 6.54 Å². The van der Waals surface area contributed by atoms with Crippen LogP contribution >= 0.6 is 0 Å². The lowest BCUT2D eigenvalue weighted by atomic mass is 10.1. The Bertz CT molecular complexity index is 395. The van der Waals surface area contributed by atoms with E-state index in [9.17, 15) is 0 Å². The number of aromatic nitrogens is 1. The number of hydrogen-bond acceptors (Lipinski definition) is 3. The van der Waals surface area contributed by atoms with Crippen LogP contribution in [-0.4, -0.2) is 25.1 Å². The molecular weight excluding hydrogens is 234 g/mol. The van der Waals surface area contributed by atoms with Crippen molar-refractivity contribution in [1.82, 2.24) is 10.3 Å². The van der Waals surface area contributed by atoms with Gasteiger partial charge in [-0.1, -0.05) is 31.7 Å². The predicted octanol–water partition coefficient (Wildman–Crippen LogP) is 3.27. The third-order valence-corrected chi connectivity index (χ3v) is 4.28. The van der Waals surface area contributed by atoms with Crippen LogP contribution in [0.3, 0.4) is 0 Å². The van der Waals surface area contributed by atoms with E-state index in [1.54, 1.807) is 0 Å². The Balaban J connectivity index is 2.09. The Hall–Kier alpha value is -1.09. The second-order valence-electron chi connectivity index (χ2n) is 5.70. The van der Waals surface area contributed by atoms with Gasteiger partial charge >= 0.3 is 0 Å². The summed E-state index contributed by atoms with van der Waals surface area (Å²) in [5.41, 5.74) is 2.44. The molecule has 0 saturated heterocycles. The first-order valence-corrected chi connectivity index (χ1v) is 7.56. The van der Waals surface area contributed by atoms with Crippen molar-refractivity contribution in [1.29, 1.82) is 0 Å². The Labute approximate surface area is 117 Å². The van der Waals surface area contributed by atoms with Gasteiger partial charge in [0.2, 0.25) is 0 Å². The summed E-state index contributed by atoms with van der Waals surface area (Å²) >= 11 is 0. The van der Waals surface area contributed by atoms with Gasteiger partial charge < -0.3 is 10.2 Å². The van der Waals surface area contributed by atoms with Gasteiger partial charge in [0.1, 0.15) is 5.82 Å². The van der Waals surface area contributed by atoms with Crippen LogP contribution in [0.1, 0.15) is 49.8 Å². The molecule has 1 saturated carbocycles.